The maximum Gasteiger partial charge on any atom is 0.137 e. The molecular weight excluding hydrogens is 414 g/mol. The molecule has 6 rings (SSSR count). The molecule has 164 valence electrons. The highest BCUT2D eigenvalue weighted by molar-refractivity contribution is 6.10. The van der Waals surface area contributed by atoms with Crippen LogP contribution in [0.5, 0.6) is 0 Å². The molecule has 3 aromatic heterocycles. The Kier molecular flexibility index (Phi) is 4.51. The summed E-state index contributed by atoms with van der Waals surface area (Å²) >= 11 is 0. The van der Waals surface area contributed by atoms with Gasteiger partial charge in [-0.15, -0.1) is 0 Å². The zero-order valence-corrected chi connectivity index (χ0v) is 19.2. The Morgan fingerprint density at radius 3 is 2.32 bits per heavy atom. The van der Waals surface area contributed by atoms with E-state index in [9.17, 15) is 0 Å². The molecule has 0 N–H and O–H groups in total. The van der Waals surface area contributed by atoms with Crippen LogP contribution < -0.4 is 0 Å². The van der Waals surface area contributed by atoms with Gasteiger partial charge in [-0.2, -0.15) is 0 Å². The van der Waals surface area contributed by atoms with Crippen LogP contribution in [0.2, 0.25) is 0 Å². The summed E-state index contributed by atoms with van der Waals surface area (Å²) in [6, 6.07) is 33.9. The number of nitrogens with zero attached hydrogens (tertiary/aromatic N) is 3. The molecule has 0 unspecified atom stereocenters. The molecule has 6 aromatic rings. The van der Waals surface area contributed by atoms with Crippen LogP contribution in [0, 0.1) is 0 Å². The molecule has 0 bridgehead atoms. The topological polar surface area (TPSA) is 30.7 Å². The minimum Gasteiger partial charge on any atom is -0.294 e. The first-order valence-corrected chi connectivity index (χ1v) is 11.5. The lowest BCUT2D eigenvalue weighted by Crippen LogP contribution is -2.20. The van der Waals surface area contributed by atoms with Gasteiger partial charge in [0.05, 0.1) is 18.1 Å². The van der Waals surface area contributed by atoms with Gasteiger partial charge in [-0.1, -0.05) is 80.6 Å². The number of hydrogen-bond acceptors (Lipinski definition) is 2. The summed E-state index contributed by atoms with van der Waals surface area (Å²) in [6.07, 6.45) is 3.55. The molecule has 3 aromatic carbocycles. The van der Waals surface area contributed by atoms with E-state index in [0.717, 1.165) is 33.7 Å². The summed E-state index contributed by atoms with van der Waals surface area (Å²) in [5.74, 6) is 0.909. The van der Waals surface area contributed by atoms with E-state index in [1.807, 2.05) is 24.4 Å². The second-order valence-corrected chi connectivity index (χ2v) is 9.12. The standard InChI is InChI=1S/C31H25N3/c1-31(2,29-14-5-7-18-32-29)24-11-9-10-22(20-24)23-16-17-26-25-12-3-4-13-27(25)34(28(26)21-23)30-15-6-8-19-33-30/h3-21H,1-2H3/i5D. The van der Waals surface area contributed by atoms with E-state index < -0.39 is 0 Å². The molecule has 0 fully saturated rings. The van der Waals surface area contributed by atoms with Gasteiger partial charge < -0.3 is 0 Å². The summed E-state index contributed by atoms with van der Waals surface area (Å²) in [4.78, 5) is 9.22. The highest BCUT2D eigenvalue weighted by atomic mass is 15.1. The molecule has 3 heterocycles. The van der Waals surface area contributed by atoms with Gasteiger partial charge in [0.1, 0.15) is 5.82 Å². The van der Waals surface area contributed by atoms with Crippen molar-refractivity contribution in [2.24, 2.45) is 0 Å². The monoisotopic (exact) mass is 440 g/mol. The predicted molar refractivity (Wildman–Crippen MR) is 140 cm³/mol. The van der Waals surface area contributed by atoms with Crippen molar-refractivity contribution in [3.05, 3.63) is 127 Å². The normalized spacial score (nSPS) is 12.2. The van der Waals surface area contributed by atoms with Gasteiger partial charge in [0.25, 0.3) is 0 Å². The van der Waals surface area contributed by atoms with E-state index in [1.54, 1.807) is 12.3 Å². The van der Waals surface area contributed by atoms with Gasteiger partial charge in [-0.05, 0) is 53.1 Å². The van der Waals surface area contributed by atoms with Crippen molar-refractivity contribution in [1.82, 2.24) is 14.5 Å². The molecule has 0 aliphatic rings. The van der Waals surface area contributed by atoms with Gasteiger partial charge in [0.15, 0.2) is 0 Å². The van der Waals surface area contributed by atoms with E-state index in [2.05, 4.69) is 101 Å². The minimum atomic E-state index is -0.319. The Morgan fingerprint density at radius 2 is 1.47 bits per heavy atom. The molecule has 3 heteroatoms. The first kappa shape index (κ1) is 19.2. The molecule has 0 aliphatic heterocycles. The predicted octanol–water partition coefficient (Wildman–Crippen LogP) is 7.57. The number of hydrogen-bond donors (Lipinski definition) is 0. The van der Waals surface area contributed by atoms with Crippen LogP contribution in [0.4, 0.5) is 0 Å². The Morgan fingerprint density at radius 1 is 0.676 bits per heavy atom. The lowest BCUT2D eigenvalue weighted by atomic mass is 9.80. The van der Waals surface area contributed by atoms with Crippen LogP contribution in [0.3, 0.4) is 0 Å². The van der Waals surface area contributed by atoms with Crippen LogP contribution in [0.25, 0.3) is 38.8 Å². The van der Waals surface area contributed by atoms with Gasteiger partial charge in [-0.25, -0.2) is 4.98 Å². The van der Waals surface area contributed by atoms with Crippen molar-refractivity contribution < 1.29 is 1.37 Å². The van der Waals surface area contributed by atoms with Crippen molar-refractivity contribution in [3.8, 4) is 16.9 Å². The number of fused-ring (bicyclic) bond motifs is 3. The van der Waals surface area contributed by atoms with E-state index in [1.165, 1.54) is 16.3 Å². The highest BCUT2D eigenvalue weighted by Crippen LogP contribution is 2.36. The quantitative estimate of drug-likeness (QED) is 0.283. The minimum absolute atomic E-state index is 0.319. The summed E-state index contributed by atoms with van der Waals surface area (Å²) in [5.41, 5.74) is 6.33. The first-order chi connectivity index (χ1) is 17.0. The number of rotatable bonds is 4. The summed E-state index contributed by atoms with van der Waals surface area (Å²) in [6.45, 7) is 4.33. The fraction of sp³-hybridized carbons (Fsp3) is 0.0968. The SMILES string of the molecule is [2H]c1ccnc(C(C)(C)c2cccc(-c3ccc4c5ccccc5n(-c5ccccn5)c4c3)c2)c1. The Labute approximate surface area is 200 Å². The van der Waals surface area contributed by atoms with Gasteiger partial charge in [-0.3, -0.25) is 9.55 Å². The van der Waals surface area contributed by atoms with Crippen molar-refractivity contribution in [2.75, 3.05) is 0 Å². The van der Waals surface area contributed by atoms with Crippen molar-refractivity contribution in [3.63, 3.8) is 0 Å². The van der Waals surface area contributed by atoms with E-state index in [4.69, 9.17) is 1.37 Å². The molecule has 0 radical (unpaired) electrons. The molecule has 0 aliphatic carbocycles. The lowest BCUT2D eigenvalue weighted by molar-refractivity contribution is 0.617. The summed E-state index contributed by atoms with van der Waals surface area (Å²) in [5, 5.41) is 2.43. The molecule has 3 nitrogen and oxygen atoms in total. The number of aromatic nitrogens is 3. The zero-order valence-electron chi connectivity index (χ0n) is 20.2. The Balaban J connectivity index is 1.52. The molecular formula is C31H25N3. The van der Waals surface area contributed by atoms with Crippen LogP contribution in [0.15, 0.2) is 115 Å². The first-order valence-electron chi connectivity index (χ1n) is 12.0. The van der Waals surface area contributed by atoms with E-state index in [0.29, 0.717) is 6.04 Å². The maximum absolute atomic E-state index is 8.02. The van der Waals surface area contributed by atoms with Crippen LogP contribution in [-0.2, 0) is 5.41 Å². The third kappa shape index (κ3) is 3.29. The van der Waals surface area contributed by atoms with Crippen LogP contribution in [0.1, 0.15) is 26.5 Å². The van der Waals surface area contributed by atoms with Gasteiger partial charge in [0, 0.05) is 28.6 Å². The molecule has 0 saturated heterocycles. The van der Waals surface area contributed by atoms with E-state index >= 15 is 0 Å². The average molecular weight is 441 g/mol. The largest absolute Gasteiger partial charge is 0.294 e. The zero-order chi connectivity index (χ0) is 24.0. The Hall–Kier alpha value is -4.24. The van der Waals surface area contributed by atoms with E-state index in [-0.39, 0.29) is 5.41 Å². The third-order valence-electron chi connectivity index (χ3n) is 6.71. The van der Waals surface area contributed by atoms with Crippen molar-refractivity contribution in [1.29, 1.82) is 0 Å². The van der Waals surface area contributed by atoms with Gasteiger partial charge in [0.2, 0.25) is 0 Å². The molecule has 0 amide bonds. The second kappa shape index (κ2) is 7.96. The highest BCUT2D eigenvalue weighted by Gasteiger charge is 2.24. The third-order valence-corrected chi connectivity index (χ3v) is 6.71. The fourth-order valence-corrected chi connectivity index (χ4v) is 4.79. The fourth-order valence-electron chi connectivity index (χ4n) is 4.79. The lowest BCUT2D eigenvalue weighted by Gasteiger charge is -2.25. The molecule has 0 saturated carbocycles. The molecule has 34 heavy (non-hydrogen) atoms. The van der Waals surface area contributed by atoms with Crippen LogP contribution >= 0.6 is 0 Å². The molecule has 0 spiro atoms. The second-order valence-electron chi connectivity index (χ2n) is 9.12. The number of pyridine rings is 2. The molecule has 0 atom stereocenters. The van der Waals surface area contributed by atoms with Gasteiger partial charge >= 0.3 is 0 Å². The van der Waals surface area contributed by atoms with Crippen molar-refractivity contribution >= 4 is 21.8 Å². The Bertz CT molecular complexity index is 1680. The smallest absolute Gasteiger partial charge is 0.137 e. The summed E-state index contributed by atoms with van der Waals surface area (Å²) < 4.78 is 10.3. The summed E-state index contributed by atoms with van der Waals surface area (Å²) in [7, 11) is 0. The number of benzene rings is 3. The van der Waals surface area contributed by atoms with Crippen LogP contribution in [-0.4, -0.2) is 14.5 Å². The van der Waals surface area contributed by atoms with Crippen molar-refractivity contribution in [2.45, 2.75) is 19.3 Å². The average Bonchev–Trinajstić information content (AvgIpc) is 3.23. The maximum atomic E-state index is 8.02. The number of para-hydroxylation sites is 1.